The van der Waals surface area contributed by atoms with E-state index in [-0.39, 0.29) is 23.9 Å². The topological polar surface area (TPSA) is 142 Å². The molecule has 0 aliphatic rings. The van der Waals surface area contributed by atoms with E-state index in [9.17, 15) is 9.59 Å². The normalized spacial score (nSPS) is 9.67. The molecule has 0 spiro atoms. The number of carbonyl (C=O) groups is 4. The Morgan fingerprint density at radius 3 is 1.04 bits per heavy atom. The third kappa shape index (κ3) is 38.0. The summed E-state index contributed by atoms with van der Waals surface area (Å²) in [5.41, 5.74) is 0. The van der Waals surface area contributed by atoms with Gasteiger partial charge < -0.3 is 19.8 Å². The molecule has 0 heterocycles. The van der Waals surface area contributed by atoms with Crippen molar-refractivity contribution in [2.45, 2.75) is 47.5 Å². The SMILES string of the molecule is CC(=O)[O-].CC(=O)[O-].CC(=O)[O][Sn]([CH3])([O]C(C)=O)[O][Sn]([CH3])([CH3])[CH3].[Sn+2]. The minimum Gasteiger partial charge on any atom is 2.00 e. The zero-order chi connectivity index (χ0) is 19.4. The maximum Gasteiger partial charge on any atom is 2.00 e. The van der Waals surface area contributed by atoms with E-state index in [1.165, 1.54) is 13.8 Å². The Bertz CT molecular complexity index is 382. The number of aliphatic carboxylic acids is 2. The van der Waals surface area contributed by atoms with Gasteiger partial charge in [-0.1, -0.05) is 0 Å². The maximum atomic E-state index is 10.9. The van der Waals surface area contributed by atoms with Crippen molar-refractivity contribution in [1.29, 1.82) is 0 Å². The number of hydrogen-bond donors (Lipinski definition) is 0. The first kappa shape index (κ1) is 32.0. The molecule has 0 aromatic heterocycles. The zero-order valence-electron chi connectivity index (χ0n) is 15.2. The van der Waals surface area contributed by atoms with E-state index in [0.29, 0.717) is 0 Å². The van der Waals surface area contributed by atoms with Crippen LogP contribution in [0.25, 0.3) is 0 Å². The summed E-state index contributed by atoms with van der Waals surface area (Å²) >= 11 is -6.50. The first-order chi connectivity index (χ1) is 10.0. The second-order valence-electron chi connectivity index (χ2n) is 5.25. The molecule has 2 radical (unpaired) electrons. The van der Waals surface area contributed by atoms with E-state index in [4.69, 9.17) is 27.4 Å². The van der Waals surface area contributed by atoms with E-state index < -0.39 is 62.3 Å². The smallest absolute Gasteiger partial charge is 2.00 e. The van der Waals surface area contributed by atoms with Crippen molar-refractivity contribution in [3.8, 4) is 0 Å². The molecule has 0 unspecified atom stereocenters. The van der Waals surface area contributed by atoms with Gasteiger partial charge in [-0.3, -0.25) is 0 Å². The fraction of sp³-hybridized carbons (Fsp3) is 0.667. The van der Waals surface area contributed by atoms with Gasteiger partial charge in [-0.2, -0.15) is 0 Å². The quantitative estimate of drug-likeness (QED) is 0.333. The van der Waals surface area contributed by atoms with Crippen LogP contribution in [0.3, 0.4) is 0 Å². The summed E-state index contributed by atoms with van der Waals surface area (Å²) in [5, 5.41) is 17.8. The molecule has 0 aromatic carbocycles. The molecule has 0 rings (SSSR count). The van der Waals surface area contributed by atoms with Crippen molar-refractivity contribution in [2.24, 2.45) is 0 Å². The van der Waals surface area contributed by atoms with Crippen molar-refractivity contribution in [3.63, 3.8) is 0 Å². The minimum absolute atomic E-state index is 0. The maximum absolute atomic E-state index is 10.9. The summed E-state index contributed by atoms with van der Waals surface area (Å²) in [6.07, 6.45) is 0. The summed E-state index contributed by atoms with van der Waals surface area (Å²) in [5.74, 6) is -3.07. The Morgan fingerprint density at radius 2 is 0.917 bits per heavy atom. The van der Waals surface area contributed by atoms with Crippen LogP contribution in [0.4, 0.5) is 0 Å². The van der Waals surface area contributed by atoms with Crippen LogP contribution in [0.2, 0.25) is 19.8 Å². The van der Waals surface area contributed by atoms with Gasteiger partial charge in [0.2, 0.25) is 0 Å². The van der Waals surface area contributed by atoms with Crippen molar-refractivity contribution < 1.29 is 37.0 Å². The molecule has 0 saturated heterocycles. The molecule has 24 heavy (non-hydrogen) atoms. The molecule has 12 heteroatoms. The average Bonchev–Trinajstić information content (AvgIpc) is 2.06. The largest absolute Gasteiger partial charge is 2.00 e. The van der Waals surface area contributed by atoms with Crippen molar-refractivity contribution in [2.75, 3.05) is 0 Å². The van der Waals surface area contributed by atoms with Crippen molar-refractivity contribution in [1.82, 2.24) is 0 Å². The summed E-state index contributed by atoms with van der Waals surface area (Å²) in [6.45, 7) is 4.53. The van der Waals surface area contributed by atoms with Gasteiger partial charge in [0.05, 0.1) is 0 Å². The number of rotatable bonds is 4. The molecular formula is C12H24O9Sn3. The average molecular weight is 668 g/mol. The van der Waals surface area contributed by atoms with E-state index in [1.54, 1.807) is 4.94 Å². The van der Waals surface area contributed by atoms with E-state index >= 15 is 0 Å². The first-order valence-corrected chi connectivity index (χ1v) is 22.5. The van der Waals surface area contributed by atoms with Crippen LogP contribution in [-0.4, -0.2) is 86.2 Å². The zero-order valence-corrected chi connectivity index (χ0v) is 23.7. The van der Waals surface area contributed by atoms with Crippen LogP contribution >= 0.6 is 0 Å². The van der Waals surface area contributed by atoms with Gasteiger partial charge in [0.1, 0.15) is 0 Å². The molecule has 0 aliphatic carbocycles. The molecular weight excluding hydrogens is 644 g/mol. The predicted molar refractivity (Wildman–Crippen MR) is 86.7 cm³/mol. The Balaban J connectivity index is -0.000000186. The molecule has 9 nitrogen and oxygen atoms in total. The standard InChI is InChI=1S/4C2H4O2.4CH3.O.3Sn/c4*1-2(3)4;;;;;;;;/h4*1H3,(H,3,4);4*1H3;;;;/q;;;;;;;;;;2*+2/p-4. The van der Waals surface area contributed by atoms with Crippen LogP contribution in [0, 0.1) is 0 Å². The molecule has 0 fully saturated rings. The Labute approximate surface area is 169 Å². The van der Waals surface area contributed by atoms with Crippen LogP contribution in [0.15, 0.2) is 0 Å². The third-order valence-electron chi connectivity index (χ3n) is 1.15. The Morgan fingerprint density at radius 1 is 0.708 bits per heavy atom. The van der Waals surface area contributed by atoms with Gasteiger partial charge >= 0.3 is 125 Å². The van der Waals surface area contributed by atoms with Gasteiger partial charge in [-0.15, -0.1) is 0 Å². The molecule has 0 bridgehead atoms. The predicted octanol–water partition coefficient (Wildman–Crippen LogP) is -1.34. The molecule has 0 aromatic rings. The minimum atomic E-state index is -3.90. The van der Waals surface area contributed by atoms with Gasteiger partial charge in [-0.05, 0) is 13.8 Å². The Hall–Kier alpha value is 0.236. The van der Waals surface area contributed by atoms with Crippen molar-refractivity contribution >= 4 is 86.2 Å². The fourth-order valence-corrected chi connectivity index (χ4v) is 30.5. The van der Waals surface area contributed by atoms with E-state index in [0.717, 1.165) is 13.8 Å². The van der Waals surface area contributed by atoms with Crippen molar-refractivity contribution in [3.05, 3.63) is 0 Å². The van der Waals surface area contributed by atoms with Crippen LogP contribution in [-0.2, 0) is 26.7 Å². The van der Waals surface area contributed by atoms with Crippen LogP contribution < -0.4 is 10.2 Å². The second-order valence-corrected chi connectivity index (χ2v) is 27.9. The Kier molecular flexibility index (Phi) is 20.6. The summed E-state index contributed by atoms with van der Waals surface area (Å²) in [6, 6.07) is 0. The van der Waals surface area contributed by atoms with Gasteiger partial charge in [0, 0.05) is 11.9 Å². The van der Waals surface area contributed by atoms with E-state index in [1.807, 2.05) is 14.8 Å². The molecule has 138 valence electrons. The second kappa shape index (κ2) is 15.5. The first-order valence-electron chi connectivity index (χ1n) is 6.45. The molecule has 0 amide bonds. The van der Waals surface area contributed by atoms with Gasteiger partial charge in [-0.25, -0.2) is 0 Å². The van der Waals surface area contributed by atoms with Gasteiger partial charge in [0.25, 0.3) is 0 Å². The number of hydrogen-bond acceptors (Lipinski definition) is 9. The summed E-state index contributed by atoms with van der Waals surface area (Å²) in [7, 11) is 0. The monoisotopic (exact) mass is 672 g/mol. The molecule has 0 saturated carbocycles. The molecule has 0 N–H and O–H groups in total. The molecule has 0 atom stereocenters. The molecule has 0 aliphatic heterocycles. The number of carboxylic acid groups (broad SMARTS) is 2. The fourth-order valence-electron chi connectivity index (χ4n) is 1.14. The number of carboxylic acids is 2. The summed E-state index contributed by atoms with van der Waals surface area (Å²) in [4.78, 5) is 47.3. The third-order valence-corrected chi connectivity index (χ3v) is 26.5. The van der Waals surface area contributed by atoms with Crippen LogP contribution in [0.5, 0.6) is 0 Å². The summed E-state index contributed by atoms with van der Waals surface area (Å²) < 4.78 is 15.9. The van der Waals surface area contributed by atoms with Crippen LogP contribution in [0.1, 0.15) is 27.7 Å². The van der Waals surface area contributed by atoms with Gasteiger partial charge in [0.15, 0.2) is 0 Å². The number of carbonyl (C=O) groups excluding carboxylic acids is 4. The van der Waals surface area contributed by atoms with E-state index in [2.05, 4.69) is 0 Å².